The molecule has 9 nitrogen and oxygen atoms in total. The van der Waals surface area contributed by atoms with Gasteiger partial charge in [0.25, 0.3) is 0 Å². The highest BCUT2D eigenvalue weighted by atomic mass is 31.2. The average Bonchev–Trinajstić information content (AvgIpc) is 3.38. The molecule has 0 bridgehead atoms. The van der Waals surface area contributed by atoms with Crippen LogP contribution in [0.3, 0.4) is 0 Å². The van der Waals surface area contributed by atoms with Crippen molar-refractivity contribution in [3.63, 3.8) is 0 Å². The number of esters is 2. The third kappa shape index (κ3) is 62.0. The number of phosphoric acid groups is 1. The SMILES string of the molecule is CCCCCCCCCC/C=C\CCCCCCCCCCCCCCCC(=O)OC(COC(=O)CCCCCCCCCCCCCCCCCCCCCCCCCCCCC)COP(=O)(O)OCC[N+](C)(C)C. The van der Waals surface area contributed by atoms with E-state index in [1.807, 2.05) is 21.1 Å². The van der Waals surface area contributed by atoms with E-state index in [4.69, 9.17) is 18.5 Å². The Morgan fingerprint density at radius 3 is 0.974 bits per heavy atom. The van der Waals surface area contributed by atoms with E-state index in [9.17, 15) is 19.0 Å². The third-order valence-corrected chi connectivity index (χ3v) is 16.3. The van der Waals surface area contributed by atoms with Gasteiger partial charge in [0, 0.05) is 12.8 Å². The van der Waals surface area contributed by atoms with Crippen molar-refractivity contribution in [3.05, 3.63) is 12.2 Å². The van der Waals surface area contributed by atoms with Crippen molar-refractivity contribution < 1.29 is 42.1 Å². The summed E-state index contributed by atoms with van der Waals surface area (Å²) in [6, 6.07) is 0. The standard InChI is InChI=1S/C66H130NO8P/c1-6-8-10-12-14-16-18-20-22-24-26-28-30-32-33-35-36-38-40-42-44-46-48-50-52-54-56-58-65(68)72-62-64(63-74-76(70,71)73-61-60-67(3,4)5)75-66(69)59-57-55-53-51-49-47-45-43-41-39-37-34-31-29-27-25-23-21-19-17-15-13-11-9-7-2/h25,27,64H,6-24,26,28-63H2,1-5H3/p+1/b27-25-. The number of quaternary nitrogens is 1. The predicted octanol–water partition coefficient (Wildman–Crippen LogP) is 21.2. The molecule has 0 aliphatic carbocycles. The van der Waals surface area contributed by atoms with Crippen LogP contribution in [0.4, 0.5) is 0 Å². The smallest absolute Gasteiger partial charge is 0.462 e. The highest BCUT2D eigenvalue weighted by molar-refractivity contribution is 7.47. The predicted molar refractivity (Wildman–Crippen MR) is 326 cm³/mol. The van der Waals surface area contributed by atoms with Gasteiger partial charge >= 0.3 is 19.8 Å². The number of nitrogens with zero attached hydrogens (tertiary/aromatic N) is 1. The lowest BCUT2D eigenvalue weighted by molar-refractivity contribution is -0.870. The molecule has 0 aromatic heterocycles. The number of carbonyl (C=O) groups is 2. The van der Waals surface area contributed by atoms with Gasteiger partial charge in [0.15, 0.2) is 6.10 Å². The summed E-state index contributed by atoms with van der Waals surface area (Å²) in [4.78, 5) is 35.8. The van der Waals surface area contributed by atoms with E-state index in [-0.39, 0.29) is 25.6 Å². The molecule has 0 heterocycles. The maximum atomic E-state index is 12.9. The molecule has 0 saturated carbocycles. The van der Waals surface area contributed by atoms with Crippen LogP contribution in [0.5, 0.6) is 0 Å². The first kappa shape index (κ1) is 74.8. The number of unbranched alkanes of at least 4 members (excludes halogenated alkanes) is 47. The van der Waals surface area contributed by atoms with Gasteiger partial charge in [-0.15, -0.1) is 0 Å². The normalized spacial score (nSPS) is 13.2. The van der Waals surface area contributed by atoms with Crippen LogP contribution in [0.2, 0.25) is 0 Å². The first-order valence-corrected chi connectivity index (χ1v) is 34.9. The van der Waals surface area contributed by atoms with Crippen molar-refractivity contribution in [2.75, 3.05) is 47.5 Å². The molecular weight excluding hydrogens is 966 g/mol. The van der Waals surface area contributed by atoms with Crippen molar-refractivity contribution in [2.24, 2.45) is 0 Å². The lowest BCUT2D eigenvalue weighted by Crippen LogP contribution is -2.37. The second-order valence-corrected chi connectivity index (χ2v) is 25.7. The van der Waals surface area contributed by atoms with Crippen molar-refractivity contribution in [3.8, 4) is 0 Å². The fraction of sp³-hybridized carbons (Fsp3) is 0.939. The molecule has 452 valence electrons. The van der Waals surface area contributed by atoms with E-state index < -0.39 is 26.5 Å². The second kappa shape index (κ2) is 58.4. The molecule has 0 radical (unpaired) electrons. The summed E-state index contributed by atoms with van der Waals surface area (Å²) in [5.74, 6) is -0.774. The maximum absolute atomic E-state index is 12.9. The number of carbonyl (C=O) groups excluding carboxylic acids is 2. The molecule has 0 spiro atoms. The Hall–Kier alpha value is -1.25. The largest absolute Gasteiger partial charge is 0.472 e. The van der Waals surface area contributed by atoms with Gasteiger partial charge in [-0.3, -0.25) is 18.6 Å². The van der Waals surface area contributed by atoms with Crippen molar-refractivity contribution in [1.82, 2.24) is 0 Å². The van der Waals surface area contributed by atoms with Crippen molar-refractivity contribution >= 4 is 19.8 Å². The summed E-state index contributed by atoms with van der Waals surface area (Å²) < 4.78 is 34.7. The Morgan fingerprint density at radius 1 is 0.395 bits per heavy atom. The molecule has 2 atom stereocenters. The first-order chi connectivity index (χ1) is 37.0. The van der Waals surface area contributed by atoms with Gasteiger partial charge in [-0.25, -0.2) is 4.57 Å². The van der Waals surface area contributed by atoms with Crippen LogP contribution in [0.15, 0.2) is 12.2 Å². The minimum Gasteiger partial charge on any atom is -0.462 e. The Balaban J connectivity index is 4.02. The van der Waals surface area contributed by atoms with Gasteiger partial charge < -0.3 is 18.9 Å². The second-order valence-electron chi connectivity index (χ2n) is 24.2. The van der Waals surface area contributed by atoms with Gasteiger partial charge in [0.05, 0.1) is 27.7 Å². The number of hydrogen-bond donors (Lipinski definition) is 1. The van der Waals surface area contributed by atoms with Crippen molar-refractivity contribution in [1.29, 1.82) is 0 Å². The lowest BCUT2D eigenvalue weighted by Gasteiger charge is -2.24. The molecule has 0 fully saturated rings. The van der Waals surface area contributed by atoms with E-state index in [0.29, 0.717) is 23.9 Å². The summed E-state index contributed by atoms with van der Waals surface area (Å²) in [6.45, 7) is 4.51. The first-order valence-electron chi connectivity index (χ1n) is 33.4. The van der Waals surface area contributed by atoms with Crippen LogP contribution in [0, 0.1) is 0 Å². The summed E-state index contributed by atoms with van der Waals surface area (Å²) in [5, 5.41) is 0. The molecule has 0 aromatic carbocycles. The van der Waals surface area contributed by atoms with E-state index in [2.05, 4.69) is 26.0 Å². The molecule has 0 aliphatic heterocycles. The Labute approximate surface area is 473 Å². The molecule has 0 amide bonds. The Kier molecular flexibility index (Phi) is 57.4. The van der Waals surface area contributed by atoms with E-state index in [1.54, 1.807) is 0 Å². The van der Waals surface area contributed by atoms with Crippen LogP contribution in [-0.2, 0) is 32.7 Å². The number of likely N-dealkylation sites (N-methyl/N-ethyl adjacent to an activating group) is 1. The van der Waals surface area contributed by atoms with Crippen LogP contribution in [0.25, 0.3) is 0 Å². The summed E-state index contributed by atoms with van der Waals surface area (Å²) in [5.41, 5.74) is 0. The average molecular weight is 1100 g/mol. The molecule has 10 heteroatoms. The minimum absolute atomic E-state index is 0.0360. The molecule has 0 aliphatic rings. The quantitative estimate of drug-likeness (QED) is 0.0211. The van der Waals surface area contributed by atoms with E-state index in [0.717, 1.165) is 32.1 Å². The van der Waals surface area contributed by atoms with Crippen molar-refractivity contribution in [2.45, 2.75) is 354 Å². The molecule has 0 aromatic rings. The molecule has 0 rings (SSSR count). The maximum Gasteiger partial charge on any atom is 0.472 e. The molecule has 76 heavy (non-hydrogen) atoms. The fourth-order valence-corrected chi connectivity index (χ4v) is 10.9. The molecule has 2 unspecified atom stereocenters. The number of hydrogen-bond acceptors (Lipinski definition) is 7. The Bertz CT molecular complexity index is 1290. The lowest BCUT2D eigenvalue weighted by atomic mass is 10.0. The van der Waals surface area contributed by atoms with Gasteiger partial charge in [0.1, 0.15) is 19.8 Å². The molecule has 0 saturated heterocycles. The third-order valence-electron chi connectivity index (χ3n) is 15.3. The summed E-state index contributed by atoms with van der Waals surface area (Å²) >= 11 is 0. The van der Waals surface area contributed by atoms with Crippen LogP contribution in [0.1, 0.15) is 348 Å². The number of ether oxygens (including phenoxy) is 2. The van der Waals surface area contributed by atoms with Gasteiger partial charge in [0.2, 0.25) is 0 Å². The van der Waals surface area contributed by atoms with Crippen LogP contribution in [-0.4, -0.2) is 74.9 Å². The van der Waals surface area contributed by atoms with Gasteiger partial charge in [-0.1, -0.05) is 309 Å². The molecule has 1 N–H and O–H groups in total. The number of phosphoric ester groups is 1. The monoisotopic (exact) mass is 1100 g/mol. The highest BCUT2D eigenvalue weighted by Crippen LogP contribution is 2.43. The van der Waals surface area contributed by atoms with E-state index in [1.165, 1.54) is 283 Å². The van der Waals surface area contributed by atoms with Crippen LogP contribution < -0.4 is 0 Å². The zero-order valence-electron chi connectivity index (χ0n) is 51.5. The number of rotatable bonds is 63. The van der Waals surface area contributed by atoms with Gasteiger partial charge in [-0.05, 0) is 38.5 Å². The fourth-order valence-electron chi connectivity index (χ4n) is 10.1. The summed E-state index contributed by atoms with van der Waals surface area (Å²) in [7, 11) is 1.50. The van der Waals surface area contributed by atoms with Crippen LogP contribution >= 0.6 is 7.82 Å². The highest BCUT2D eigenvalue weighted by Gasteiger charge is 2.27. The minimum atomic E-state index is -4.38. The topological polar surface area (TPSA) is 108 Å². The Morgan fingerprint density at radius 2 is 0.671 bits per heavy atom. The zero-order valence-corrected chi connectivity index (χ0v) is 52.4. The van der Waals surface area contributed by atoms with E-state index >= 15 is 0 Å². The number of allylic oxidation sites excluding steroid dienone is 2. The zero-order chi connectivity index (χ0) is 55.6. The molecular formula is C66H131NO8P+. The van der Waals surface area contributed by atoms with Gasteiger partial charge in [-0.2, -0.15) is 0 Å². The summed E-state index contributed by atoms with van der Waals surface area (Å²) in [6.07, 6.45) is 70.2.